The third-order valence-corrected chi connectivity index (χ3v) is 7.24. The lowest BCUT2D eigenvalue weighted by Crippen LogP contribution is -2.27. The molecule has 4 rings (SSSR count). The first-order valence-corrected chi connectivity index (χ1v) is 9.95. The fraction of sp³-hybridized carbons (Fsp3) is 0.0588. The van der Waals surface area contributed by atoms with Crippen LogP contribution in [0.2, 0.25) is 0 Å². The Morgan fingerprint density at radius 3 is 2.07 bits per heavy atom. The number of fused-ring (bicyclic) bond motifs is 1. The molecule has 1 aromatic carbocycles. The Morgan fingerprint density at radius 1 is 0.926 bits per heavy atom. The maximum absolute atomic E-state index is 12.8. The zero-order valence-electron chi connectivity index (χ0n) is 13.4. The molecule has 27 heavy (non-hydrogen) atoms. The first-order chi connectivity index (χ1) is 13.1. The topological polar surface area (TPSA) is 111 Å². The molecule has 0 atom stereocenters. The minimum Gasteiger partial charge on any atom is -0.268 e. The zero-order chi connectivity index (χ0) is 19.0. The van der Waals surface area contributed by atoms with Gasteiger partial charge in [-0.2, -0.15) is 10.5 Å². The van der Waals surface area contributed by atoms with Gasteiger partial charge in [0.15, 0.2) is 11.4 Å². The second kappa shape index (κ2) is 7.08. The number of nitriles is 2. The van der Waals surface area contributed by atoms with Gasteiger partial charge >= 0.3 is 0 Å². The second-order valence-electron chi connectivity index (χ2n) is 5.32. The lowest BCUT2D eigenvalue weighted by Gasteiger charge is -2.12. The molecule has 0 radical (unpaired) electrons. The fourth-order valence-electron chi connectivity index (χ4n) is 2.41. The number of benzene rings is 1. The summed E-state index contributed by atoms with van der Waals surface area (Å²) in [6.07, 6.45) is 0. The summed E-state index contributed by atoms with van der Waals surface area (Å²) >= 11 is 3.25. The molecule has 0 saturated carbocycles. The van der Waals surface area contributed by atoms with Gasteiger partial charge in [-0.25, -0.2) is 9.97 Å². The monoisotopic (exact) mass is 409 g/mol. The van der Waals surface area contributed by atoms with E-state index >= 15 is 0 Å². The number of thioether (sulfide) groups is 3. The van der Waals surface area contributed by atoms with Crippen molar-refractivity contribution >= 4 is 46.4 Å². The summed E-state index contributed by atoms with van der Waals surface area (Å²) < 4.78 is 0.586. The number of rotatable bonds is 2. The molecule has 3 heterocycles. The van der Waals surface area contributed by atoms with E-state index in [1.165, 1.54) is 28.4 Å². The first kappa shape index (κ1) is 17.6. The molecule has 10 heteroatoms. The lowest BCUT2D eigenvalue weighted by atomic mass is 10.2. The van der Waals surface area contributed by atoms with Crippen LogP contribution in [-0.4, -0.2) is 26.0 Å². The second-order valence-corrected chi connectivity index (χ2v) is 8.54. The number of carbonyl (C=O) groups is 2. The average molecular weight is 409 g/mol. The van der Waals surface area contributed by atoms with E-state index in [9.17, 15) is 9.59 Å². The van der Waals surface area contributed by atoms with E-state index in [4.69, 9.17) is 10.5 Å². The predicted molar refractivity (Wildman–Crippen MR) is 100 cm³/mol. The van der Waals surface area contributed by atoms with Crippen molar-refractivity contribution in [2.45, 2.75) is 16.6 Å². The Bertz CT molecular complexity index is 1060. The summed E-state index contributed by atoms with van der Waals surface area (Å²) in [5, 5.41) is 18.7. The number of imide groups is 1. The van der Waals surface area contributed by atoms with Gasteiger partial charge in [0, 0.05) is 0 Å². The molecule has 0 aliphatic carbocycles. The molecule has 2 amide bonds. The number of nitrogens with zero attached hydrogens (tertiary/aromatic N) is 5. The largest absolute Gasteiger partial charge is 0.293 e. The summed E-state index contributed by atoms with van der Waals surface area (Å²) in [6.45, 7) is 0.207. The van der Waals surface area contributed by atoms with Gasteiger partial charge in [0.05, 0.1) is 10.8 Å². The third kappa shape index (κ3) is 3.19. The molecule has 0 spiro atoms. The Labute approximate surface area is 166 Å². The minimum atomic E-state index is -0.363. The van der Waals surface area contributed by atoms with Crippen LogP contribution in [0.4, 0.5) is 4.79 Å². The average Bonchev–Trinajstić information content (AvgIpc) is 3.22. The summed E-state index contributed by atoms with van der Waals surface area (Å²) in [5.41, 5.74) is 0.757. The van der Waals surface area contributed by atoms with Crippen molar-refractivity contribution in [1.29, 1.82) is 10.5 Å². The molecule has 1 saturated heterocycles. The van der Waals surface area contributed by atoms with Crippen LogP contribution in [0.3, 0.4) is 0 Å². The Morgan fingerprint density at radius 2 is 1.52 bits per heavy atom. The fourth-order valence-corrected chi connectivity index (χ4v) is 5.76. The van der Waals surface area contributed by atoms with Crippen molar-refractivity contribution in [3.8, 4) is 12.1 Å². The van der Waals surface area contributed by atoms with E-state index in [0.29, 0.717) is 19.2 Å². The van der Waals surface area contributed by atoms with Gasteiger partial charge in [-0.3, -0.25) is 14.5 Å². The number of aromatic nitrogens is 2. The van der Waals surface area contributed by atoms with E-state index in [0.717, 1.165) is 17.3 Å². The molecule has 0 bridgehead atoms. The standard InChI is InChI=1S/C17H7N5O2S3/c18-6-10-11(7-19)21-14-13(20-10)26-16(27-14)12-15(23)22(17(24)25-12)8-9-4-2-1-3-5-9/h1-5H,8H2. The molecule has 130 valence electrons. The third-order valence-electron chi connectivity index (χ3n) is 3.64. The zero-order valence-corrected chi connectivity index (χ0v) is 15.8. The normalized spacial score (nSPS) is 15.7. The smallest absolute Gasteiger partial charge is 0.268 e. The van der Waals surface area contributed by atoms with Crippen molar-refractivity contribution in [2.75, 3.05) is 0 Å². The molecule has 0 unspecified atom stereocenters. The quantitative estimate of drug-likeness (QED) is 0.688. The highest BCUT2D eigenvalue weighted by Crippen LogP contribution is 2.54. The van der Waals surface area contributed by atoms with E-state index < -0.39 is 0 Å². The van der Waals surface area contributed by atoms with Gasteiger partial charge in [0.25, 0.3) is 11.1 Å². The van der Waals surface area contributed by atoms with Gasteiger partial charge in [-0.15, -0.1) is 0 Å². The highest BCUT2D eigenvalue weighted by molar-refractivity contribution is 8.27. The summed E-state index contributed by atoms with van der Waals surface area (Å²) in [4.78, 5) is 34.9. The SMILES string of the molecule is N#Cc1nc2c(nc1C#N)SC(=C1SC(=O)N(Cc3ccccc3)C1=O)S2. The Hall–Kier alpha value is -2.79. The number of hydrogen-bond acceptors (Lipinski definition) is 9. The maximum Gasteiger partial charge on any atom is 0.293 e. The molecular formula is C17H7N5O2S3. The van der Waals surface area contributed by atoms with Gasteiger partial charge in [0.1, 0.15) is 27.1 Å². The van der Waals surface area contributed by atoms with Crippen LogP contribution in [0, 0.1) is 22.7 Å². The van der Waals surface area contributed by atoms with Gasteiger partial charge < -0.3 is 0 Å². The van der Waals surface area contributed by atoms with Crippen LogP contribution >= 0.6 is 35.3 Å². The van der Waals surface area contributed by atoms with Crippen LogP contribution in [0.25, 0.3) is 0 Å². The van der Waals surface area contributed by atoms with E-state index in [1.807, 2.05) is 42.5 Å². The first-order valence-electron chi connectivity index (χ1n) is 7.50. The Kier molecular flexibility index (Phi) is 4.62. The molecule has 1 fully saturated rings. The van der Waals surface area contributed by atoms with Gasteiger partial charge in [-0.1, -0.05) is 53.9 Å². The van der Waals surface area contributed by atoms with Crippen LogP contribution < -0.4 is 0 Å². The maximum atomic E-state index is 12.8. The Balaban J connectivity index is 1.63. The van der Waals surface area contributed by atoms with E-state index in [-0.39, 0.29) is 29.1 Å². The van der Waals surface area contributed by atoms with E-state index in [1.54, 1.807) is 0 Å². The van der Waals surface area contributed by atoms with Crippen LogP contribution in [0.15, 0.2) is 49.5 Å². The van der Waals surface area contributed by atoms with Crippen LogP contribution in [0.5, 0.6) is 0 Å². The molecule has 7 nitrogen and oxygen atoms in total. The van der Waals surface area contributed by atoms with Crippen molar-refractivity contribution in [2.24, 2.45) is 0 Å². The van der Waals surface area contributed by atoms with E-state index in [2.05, 4.69) is 9.97 Å². The highest BCUT2D eigenvalue weighted by atomic mass is 32.2. The minimum absolute atomic E-state index is 0.0530. The van der Waals surface area contributed by atoms with Crippen molar-refractivity contribution in [1.82, 2.24) is 14.9 Å². The molecule has 1 aromatic heterocycles. The summed E-state index contributed by atoms with van der Waals surface area (Å²) in [7, 11) is 0. The van der Waals surface area contributed by atoms with Crippen molar-refractivity contribution < 1.29 is 9.59 Å². The van der Waals surface area contributed by atoms with Crippen molar-refractivity contribution in [3.05, 3.63) is 56.4 Å². The molecule has 2 aliphatic heterocycles. The van der Waals surface area contributed by atoms with Gasteiger partial charge in [0.2, 0.25) is 0 Å². The lowest BCUT2D eigenvalue weighted by molar-refractivity contribution is -0.123. The predicted octanol–water partition coefficient (Wildman–Crippen LogP) is 3.48. The summed E-state index contributed by atoms with van der Waals surface area (Å²) in [6, 6.07) is 13.0. The summed E-state index contributed by atoms with van der Waals surface area (Å²) in [5.74, 6) is -0.363. The molecule has 2 aromatic rings. The molecule has 0 N–H and O–H groups in total. The number of amides is 2. The van der Waals surface area contributed by atoms with Crippen LogP contribution in [0.1, 0.15) is 17.0 Å². The molecule has 2 aliphatic rings. The van der Waals surface area contributed by atoms with Gasteiger partial charge in [-0.05, 0) is 17.3 Å². The number of carbonyl (C=O) groups excluding carboxylic acids is 2. The van der Waals surface area contributed by atoms with Crippen molar-refractivity contribution in [3.63, 3.8) is 0 Å². The van der Waals surface area contributed by atoms with Crippen LogP contribution in [-0.2, 0) is 11.3 Å². The number of hydrogen-bond donors (Lipinski definition) is 0. The highest BCUT2D eigenvalue weighted by Gasteiger charge is 2.39. The molecular weight excluding hydrogens is 402 g/mol.